The molecule has 0 radical (unpaired) electrons. The van der Waals surface area contributed by atoms with E-state index in [0.717, 1.165) is 19.5 Å². The van der Waals surface area contributed by atoms with Gasteiger partial charge in [-0.1, -0.05) is 0 Å². The van der Waals surface area contributed by atoms with Crippen LogP contribution >= 0.6 is 0 Å². The van der Waals surface area contributed by atoms with E-state index in [1.807, 2.05) is 20.9 Å². The molecule has 1 N–H and O–H groups in total. The lowest BCUT2D eigenvalue weighted by Crippen LogP contribution is -2.30. The highest BCUT2D eigenvalue weighted by Crippen LogP contribution is 1.96. The van der Waals surface area contributed by atoms with E-state index in [1.54, 1.807) is 7.11 Å². The summed E-state index contributed by atoms with van der Waals surface area (Å²) < 4.78 is 5.12. The van der Waals surface area contributed by atoms with Gasteiger partial charge in [0.15, 0.2) is 0 Å². The van der Waals surface area contributed by atoms with Gasteiger partial charge in [-0.2, -0.15) is 0 Å². The third kappa shape index (κ3) is 6.58. The molecule has 3 nitrogen and oxygen atoms in total. The van der Waals surface area contributed by atoms with Gasteiger partial charge in [-0.25, -0.2) is 0 Å². The number of hydrogen-bond donors (Lipinski definition) is 1. The third-order valence-corrected chi connectivity index (χ3v) is 1.90. The predicted molar refractivity (Wildman–Crippen MR) is 50.3 cm³/mol. The fourth-order valence-electron chi connectivity index (χ4n) is 1.01. The Bertz CT molecular complexity index is 107. The quantitative estimate of drug-likeness (QED) is 0.646. The van der Waals surface area contributed by atoms with Crippen molar-refractivity contribution in [3.8, 4) is 0 Å². The van der Waals surface area contributed by atoms with E-state index in [2.05, 4.69) is 4.90 Å². The first-order valence-corrected chi connectivity index (χ1v) is 4.45. The van der Waals surface area contributed by atoms with Crippen LogP contribution in [-0.2, 0) is 4.74 Å². The number of rotatable bonds is 6. The summed E-state index contributed by atoms with van der Waals surface area (Å²) in [6, 6.07) is 0. The second-order valence-corrected chi connectivity index (χ2v) is 3.45. The van der Waals surface area contributed by atoms with Crippen LogP contribution in [0.2, 0.25) is 0 Å². The lowest BCUT2D eigenvalue weighted by Gasteiger charge is -2.20. The molecule has 12 heavy (non-hydrogen) atoms. The number of aliphatic hydroxyl groups excluding tert-OH is 1. The van der Waals surface area contributed by atoms with Crippen LogP contribution < -0.4 is 0 Å². The molecule has 0 heterocycles. The van der Waals surface area contributed by atoms with E-state index in [9.17, 15) is 0 Å². The van der Waals surface area contributed by atoms with Crippen molar-refractivity contribution in [2.75, 3.05) is 27.2 Å². The minimum atomic E-state index is -0.203. The lowest BCUT2D eigenvalue weighted by molar-refractivity contribution is 0.0793. The molecule has 0 fully saturated rings. The number of nitrogens with zero attached hydrogens (tertiary/aromatic N) is 1. The van der Waals surface area contributed by atoms with E-state index in [-0.39, 0.29) is 12.2 Å². The van der Waals surface area contributed by atoms with Gasteiger partial charge in [-0.15, -0.1) is 0 Å². The molecular formula is C9H21NO2. The van der Waals surface area contributed by atoms with E-state index in [0.29, 0.717) is 0 Å². The van der Waals surface area contributed by atoms with Gasteiger partial charge in [0.05, 0.1) is 12.2 Å². The second kappa shape index (κ2) is 6.40. The molecule has 74 valence electrons. The van der Waals surface area contributed by atoms with E-state index in [4.69, 9.17) is 9.84 Å². The molecule has 0 spiro atoms. The van der Waals surface area contributed by atoms with Gasteiger partial charge in [-0.05, 0) is 27.3 Å². The Labute approximate surface area is 75.3 Å². The van der Waals surface area contributed by atoms with E-state index >= 15 is 0 Å². The molecule has 2 atom stereocenters. The van der Waals surface area contributed by atoms with Crippen molar-refractivity contribution in [2.24, 2.45) is 0 Å². The van der Waals surface area contributed by atoms with Crippen molar-refractivity contribution in [3.05, 3.63) is 0 Å². The lowest BCUT2D eigenvalue weighted by atomic mass is 10.2. The van der Waals surface area contributed by atoms with Gasteiger partial charge in [0.2, 0.25) is 0 Å². The van der Waals surface area contributed by atoms with Crippen molar-refractivity contribution >= 4 is 0 Å². The SMILES string of the molecule is COC(C)CN(C)CCC(C)O. The number of ether oxygens (including phenoxy) is 1. The Kier molecular flexibility index (Phi) is 6.34. The molecule has 0 aromatic carbocycles. The fraction of sp³-hybridized carbons (Fsp3) is 1.00. The number of hydrogen-bond acceptors (Lipinski definition) is 3. The molecule has 0 aliphatic rings. The van der Waals surface area contributed by atoms with Gasteiger partial charge >= 0.3 is 0 Å². The fourth-order valence-corrected chi connectivity index (χ4v) is 1.01. The third-order valence-electron chi connectivity index (χ3n) is 1.90. The zero-order chi connectivity index (χ0) is 9.56. The monoisotopic (exact) mass is 175 g/mol. The molecule has 0 rings (SSSR count). The molecule has 3 heteroatoms. The molecule has 0 aromatic rings. The van der Waals surface area contributed by atoms with Crippen molar-refractivity contribution < 1.29 is 9.84 Å². The van der Waals surface area contributed by atoms with E-state index < -0.39 is 0 Å². The number of aliphatic hydroxyl groups is 1. The minimum absolute atomic E-state index is 0.203. The molecule has 0 aromatic heterocycles. The highest BCUT2D eigenvalue weighted by atomic mass is 16.5. The van der Waals surface area contributed by atoms with Crippen molar-refractivity contribution in [1.82, 2.24) is 4.90 Å². The standard InChI is InChI=1S/C9H21NO2/c1-8(11)5-6-10(3)7-9(2)12-4/h8-9,11H,5-7H2,1-4H3. The highest BCUT2D eigenvalue weighted by molar-refractivity contribution is 4.59. The van der Waals surface area contributed by atoms with Gasteiger partial charge < -0.3 is 14.7 Å². The minimum Gasteiger partial charge on any atom is -0.393 e. The smallest absolute Gasteiger partial charge is 0.0669 e. The molecule has 0 saturated carbocycles. The van der Waals surface area contributed by atoms with Gasteiger partial charge in [0.1, 0.15) is 0 Å². The molecule has 0 amide bonds. The first-order chi connectivity index (χ1) is 5.56. The first-order valence-electron chi connectivity index (χ1n) is 4.45. The summed E-state index contributed by atoms with van der Waals surface area (Å²) in [7, 11) is 3.76. The average Bonchev–Trinajstić information content (AvgIpc) is 2.00. The van der Waals surface area contributed by atoms with Crippen LogP contribution in [-0.4, -0.2) is 49.5 Å². The first kappa shape index (κ1) is 11.9. The normalized spacial score (nSPS) is 16.5. The topological polar surface area (TPSA) is 32.7 Å². The summed E-state index contributed by atoms with van der Waals surface area (Å²) in [6.07, 6.45) is 0.890. The van der Waals surface area contributed by atoms with Gasteiger partial charge in [-0.3, -0.25) is 0 Å². The number of likely N-dealkylation sites (N-methyl/N-ethyl adjacent to an activating group) is 1. The maximum Gasteiger partial charge on any atom is 0.0669 e. The predicted octanol–water partition coefficient (Wildman–Crippen LogP) is 0.724. The molecule has 0 aliphatic carbocycles. The molecule has 2 unspecified atom stereocenters. The highest BCUT2D eigenvalue weighted by Gasteiger charge is 2.05. The van der Waals surface area contributed by atoms with Crippen LogP contribution in [0.4, 0.5) is 0 Å². The zero-order valence-electron chi connectivity index (χ0n) is 8.58. The Morgan fingerprint density at radius 3 is 2.42 bits per heavy atom. The van der Waals surface area contributed by atoms with Crippen molar-refractivity contribution in [1.29, 1.82) is 0 Å². The summed E-state index contributed by atoms with van der Waals surface area (Å²) in [6.45, 7) is 5.70. The van der Waals surface area contributed by atoms with Crippen LogP contribution in [0.25, 0.3) is 0 Å². The van der Waals surface area contributed by atoms with Gasteiger partial charge in [0.25, 0.3) is 0 Å². The van der Waals surface area contributed by atoms with Crippen molar-refractivity contribution in [2.45, 2.75) is 32.5 Å². The Hall–Kier alpha value is -0.120. The summed E-state index contributed by atoms with van der Waals surface area (Å²) in [4.78, 5) is 2.17. The largest absolute Gasteiger partial charge is 0.393 e. The van der Waals surface area contributed by atoms with Crippen molar-refractivity contribution in [3.63, 3.8) is 0 Å². The summed E-state index contributed by atoms with van der Waals surface area (Å²) >= 11 is 0. The van der Waals surface area contributed by atoms with Crippen LogP contribution in [0.3, 0.4) is 0 Å². The maximum absolute atomic E-state index is 9.03. The van der Waals surface area contributed by atoms with Crippen LogP contribution in [0.1, 0.15) is 20.3 Å². The maximum atomic E-state index is 9.03. The number of methoxy groups -OCH3 is 1. The average molecular weight is 175 g/mol. The Morgan fingerprint density at radius 2 is 2.00 bits per heavy atom. The van der Waals surface area contributed by atoms with Crippen LogP contribution in [0, 0.1) is 0 Å². The molecule has 0 saturated heterocycles. The van der Waals surface area contributed by atoms with Crippen LogP contribution in [0.15, 0.2) is 0 Å². The van der Waals surface area contributed by atoms with Crippen LogP contribution in [0.5, 0.6) is 0 Å². The Balaban J connectivity index is 3.39. The molecule has 0 aliphatic heterocycles. The Morgan fingerprint density at radius 1 is 1.42 bits per heavy atom. The molecular weight excluding hydrogens is 154 g/mol. The zero-order valence-corrected chi connectivity index (χ0v) is 8.58. The summed E-state index contributed by atoms with van der Waals surface area (Å²) in [5.74, 6) is 0. The van der Waals surface area contributed by atoms with E-state index in [1.165, 1.54) is 0 Å². The summed E-state index contributed by atoms with van der Waals surface area (Å²) in [5, 5.41) is 9.03. The van der Waals surface area contributed by atoms with Gasteiger partial charge in [0, 0.05) is 20.2 Å². The summed E-state index contributed by atoms with van der Waals surface area (Å²) in [5.41, 5.74) is 0. The second-order valence-electron chi connectivity index (χ2n) is 3.45. The molecule has 0 bridgehead atoms.